The Morgan fingerprint density at radius 1 is 1.29 bits per heavy atom. The van der Waals surface area contributed by atoms with Crippen molar-refractivity contribution < 1.29 is 4.79 Å². The average Bonchev–Trinajstić information content (AvgIpc) is 3.01. The molecule has 1 aromatic carbocycles. The van der Waals surface area contributed by atoms with Gasteiger partial charge in [-0.25, -0.2) is 0 Å². The van der Waals surface area contributed by atoms with Gasteiger partial charge in [0.25, 0.3) is 0 Å². The fourth-order valence-electron chi connectivity index (χ4n) is 3.32. The Morgan fingerprint density at radius 2 is 1.95 bits per heavy atom. The lowest BCUT2D eigenvalue weighted by molar-refractivity contribution is -0.124. The first-order chi connectivity index (χ1) is 10.2. The molecule has 21 heavy (non-hydrogen) atoms. The number of nitrogens with one attached hydrogen (secondary N) is 1. The molecule has 1 amide bonds. The predicted molar refractivity (Wildman–Crippen MR) is 85.8 cm³/mol. The number of nitrogens with two attached hydrogens (primary N) is 1. The number of nitrogens with zero attached hydrogens (tertiary/aromatic N) is 1. The van der Waals surface area contributed by atoms with Crippen molar-refractivity contribution in [3.8, 4) is 0 Å². The van der Waals surface area contributed by atoms with E-state index in [0.717, 1.165) is 24.9 Å². The average molecular weight is 289 g/mol. The van der Waals surface area contributed by atoms with Gasteiger partial charge >= 0.3 is 0 Å². The van der Waals surface area contributed by atoms with Crippen molar-refractivity contribution >= 4 is 5.91 Å². The highest BCUT2D eigenvalue weighted by Gasteiger charge is 2.38. The first kappa shape index (κ1) is 16.0. The van der Waals surface area contributed by atoms with E-state index in [9.17, 15) is 4.79 Å². The Morgan fingerprint density at radius 3 is 2.52 bits per heavy atom. The summed E-state index contributed by atoms with van der Waals surface area (Å²) in [5.74, 6) is 0.0837. The Bertz CT molecular complexity index is 441. The Kier molecular flexibility index (Phi) is 5.76. The van der Waals surface area contributed by atoms with Crippen LogP contribution in [0.15, 0.2) is 30.3 Å². The van der Waals surface area contributed by atoms with Crippen LogP contribution in [0.2, 0.25) is 0 Å². The largest absolute Gasteiger partial charge is 0.351 e. The standard InChI is InChI=1S/C17H27N3O/c1-2-20(17(14-18)10-6-7-11-17)13-16(21)19-12-15-8-4-3-5-9-15/h3-5,8-9H,2,6-7,10-14,18H2,1H3,(H,19,21). The first-order valence-electron chi connectivity index (χ1n) is 7.96. The van der Waals surface area contributed by atoms with Crippen LogP contribution in [-0.4, -0.2) is 36.0 Å². The van der Waals surface area contributed by atoms with Crippen molar-refractivity contribution in [1.82, 2.24) is 10.2 Å². The molecule has 1 aliphatic rings. The van der Waals surface area contributed by atoms with Crippen molar-refractivity contribution in [2.24, 2.45) is 5.73 Å². The van der Waals surface area contributed by atoms with Gasteiger partial charge in [-0.1, -0.05) is 50.1 Å². The fourth-order valence-corrected chi connectivity index (χ4v) is 3.32. The number of likely N-dealkylation sites (N-methyl/N-ethyl adjacent to an activating group) is 1. The van der Waals surface area contributed by atoms with E-state index in [4.69, 9.17) is 5.73 Å². The van der Waals surface area contributed by atoms with Gasteiger partial charge in [-0.15, -0.1) is 0 Å². The van der Waals surface area contributed by atoms with Crippen molar-refractivity contribution in [3.05, 3.63) is 35.9 Å². The highest BCUT2D eigenvalue weighted by atomic mass is 16.2. The third-order valence-electron chi connectivity index (χ3n) is 4.63. The molecule has 0 spiro atoms. The second kappa shape index (κ2) is 7.57. The first-order valence-corrected chi connectivity index (χ1v) is 7.96. The number of hydrogen-bond acceptors (Lipinski definition) is 3. The smallest absolute Gasteiger partial charge is 0.234 e. The molecule has 0 bridgehead atoms. The molecule has 2 rings (SSSR count). The second-order valence-corrected chi connectivity index (χ2v) is 5.91. The molecule has 0 radical (unpaired) electrons. The SMILES string of the molecule is CCN(CC(=O)NCc1ccccc1)C1(CN)CCCC1. The molecular weight excluding hydrogens is 262 g/mol. The highest BCUT2D eigenvalue weighted by molar-refractivity contribution is 5.78. The summed E-state index contributed by atoms with van der Waals surface area (Å²) in [6.45, 7) is 4.66. The van der Waals surface area contributed by atoms with Gasteiger partial charge in [0.1, 0.15) is 0 Å². The summed E-state index contributed by atoms with van der Waals surface area (Å²) < 4.78 is 0. The van der Waals surface area contributed by atoms with Gasteiger partial charge in [0.05, 0.1) is 6.54 Å². The van der Waals surface area contributed by atoms with Crippen LogP contribution in [0.5, 0.6) is 0 Å². The van der Waals surface area contributed by atoms with E-state index < -0.39 is 0 Å². The number of hydrogen-bond donors (Lipinski definition) is 2. The molecule has 0 saturated heterocycles. The monoisotopic (exact) mass is 289 g/mol. The summed E-state index contributed by atoms with van der Waals surface area (Å²) in [7, 11) is 0. The molecule has 1 aliphatic carbocycles. The van der Waals surface area contributed by atoms with Crippen molar-refractivity contribution in [2.75, 3.05) is 19.6 Å². The quantitative estimate of drug-likeness (QED) is 0.806. The van der Waals surface area contributed by atoms with Crippen LogP contribution < -0.4 is 11.1 Å². The van der Waals surface area contributed by atoms with Crippen molar-refractivity contribution in [1.29, 1.82) is 0 Å². The molecule has 0 atom stereocenters. The van der Waals surface area contributed by atoms with Gasteiger partial charge in [0.15, 0.2) is 0 Å². The van der Waals surface area contributed by atoms with Gasteiger partial charge in [0, 0.05) is 18.6 Å². The minimum atomic E-state index is 0.0405. The number of carbonyl (C=O) groups excluding carboxylic acids is 1. The van der Waals surface area contributed by atoms with Crippen LogP contribution >= 0.6 is 0 Å². The van der Waals surface area contributed by atoms with Gasteiger partial charge in [-0.3, -0.25) is 9.69 Å². The summed E-state index contributed by atoms with van der Waals surface area (Å²) in [4.78, 5) is 14.5. The molecular formula is C17H27N3O. The molecule has 1 saturated carbocycles. The van der Waals surface area contributed by atoms with Gasteiger partial charge in [-0.05, 0) is 24.9 Å². The molecule has 4 nitrogen and oxygen atoms in total. The van der Waals surface area contributed by atoms with E-state index in [-0.39, 0.29) is 11.4 Å². The summed E-state index contributed by atoms with van der Waals surface area (Å²) in [5, 5.41) is 3.01. The Balaban J connectivity index is 1.88. The van der Waals surface area contributed by atoms with E-state index in [2.05, 4.69) is 17.1 Å². The summed E-state index contributed by atoms with van der Waals surface area (Å²) >= 11 is 0. The molecule has 0 heterocycles. The third-order valence-corrected chi connectivity index (χ3v) is 4.63. The van der Waals surface area contributed by atoms with Gasteiger partial charge in [-0.2, -0.15) is 0 Å². The molecule has 0 unspecified atom stereocenters. The molecule has 0 aliphatic heterocycles. The number of rotatable bonds is 7. The van der Waals surface area contributed by atoms with E-state index in [1.165, 1.54) is 12.8 Å². The topological polar surface area (TPSA) is 58.4 Å². The molecule has 4 heteroatoms. The van der Waals surface area contributed by atoms with Crippen LogP contribution in [0.4, 0.5) is 0 Å². The zero-order chi connectivity index (χ0) is 15.1. The maximum Gasteiger partial charge on any atom is 0.234 e. The van der Waals surface area contributed by atoms with Gasteiger partial charge in [0.2, 0.25) is 5.91 Å². The lowest BCUT2D eigenvalue weighted by Gasteiger charge is -2.39. The molecule has 1 aromatic rings. The van der Waals surface area contributed by atoms with E-state index in [1.54, 1.807) is 0 Å². The van der Waals surface area contributed by atoms with Crippen molar-refractivity contribution in [3.63, 3.8) is 0 Å². The molecule has 116 valence electrons. The van der Waals surface area contributed by atoms with Crippen LogP contribution in [0, 0.1) is 0 Å². The maximum absolute atomic E-state index is 12.2. The van der Waals surface area contributed by atoms with Crippen molar-refractivity contribution in [2.45, 2.75) is 44.7 Å². The Labute approximate surface area is 127 Å². The van der Waals surface area contributed by atoms with Crippen LogP contribution in [0.25, 0.3) is 0 Å². The minimum absolute atomic E-state index is 0.0405. The van der Waals surface area contributed by atoms with E-state index in [1.807, 2.05) is 30.3 Å². The molecule has 0 aromatic heterocycles. The normalized spacial score (nSPS) is 17.1. The number of carbonyl (C=O) groups is 1. The lowest BCUT2D eigenvalue weighted by Crippen LogP contribution is -2.54. The molecule has 1 fully saturated rings. The summed E-state index contributed by atoms with van der Waals surface area (Å²) in [5.41, 5.74) is 7.18. The molecule has 3 N–H and O–H groups in total. The second-order valence-electron chi connectivity index (χ2n) is 5.91. The minimum Gasteiger partial charge on any atom is -0.351 e. The van der Waals surface area contributed by atoms with E-state index >= 15 is 0 Å². The summed E-state index contributed by atoms with van der Waals surface area (Å²) in [6.07, 6.45) is 4.67. The van der Waals surface area contributed by atoms with E-state index in [0.29, 0.717) is 19.6 Å². The number of benzene rings is 1. The maximum atomic E-state index is 12.2. The third kappa shape index (κ3) is 4.05. The summed E-state index contributed by atoms with van der Waals surface area (Å²) in [6, 6.07) is 10.0. The fraction of sp³-hybridized carbons (Fsp3) is 0.588. The van der Waals surface area contributed by atoms with Crippen LogP contribution in [-0.2, 0) is 11.3 Å². The zero-order valence-corrected chi connectivity index (χ0v) is 13.0. The Hall–Kier alpha value is -1.39. The number of amides is 1. The predicted octanol–water partition coefficient (Wildman–Crippen LogP) is 1.90. The highest BCUT2D eigenvalue weighted by Crippen LogP contribution is 2.34. The van der Waals surface area contributed by atoms with Crippen LogP contribution in [0.1, 0.15) is 38.2 Å². The lowest BCUT2D eigenvalue weighted by atomic mass is 9.95. The van der Waals surface area contributed by atoms with Gasteiger partial charge < -0.3 is 11.1 Å². The zero-order valence-electron chi connectivity index (χ0n) is 13.0. The van der Waals surface area contributed by atoms with Crippen LogP contribution in [0.3, 0.4) is 0 Å².